The highest BCUT2D eigenvalue weighted by Gasteiger charge is 2.31. The Morgan fingerprint density at radius 1 is 1.25 bits per heavy atom. The number of ether oxygens (including phenoxy) is 1. The number of fused-ring (bicyclic) bond motifs is 1. The zero-order chi connectivity index (χ0) is 23.5. The van der Waals surface area contributed by atoms with Crippen molar-refractivity contribution in [3.63, 3.8) is 0 Å². The number of amides is 1. The minimum Gasteiger partial charge on any atom is -0.379 e. The third kappa shape index (κ3) is 5.59. The number of carbonyl (C=O) groups is 1. The van der Waals surface area contributed by atoms with E-state index < -0.39 is 28.7 Å². The summed E-state index contributed by atoms with van der Waals surface area (Å²) < 4.78 is 72.0. The van der Waals surface area contributed by atoms with Crippen molar-refractivity contribution in [3.8, 4) is 0 Å². The lowest BCUT2D eigenvalue weighted by Crippen LogP contribution is -2.40. The standard InChI is InChI=1S/C20H27F3N4O4S/c1-3-8-27-17-5-4-15(32(29,30)26-9-11-31-12-10-26)13-16(17)24-18(27)6-7-19(28)25(2)14-20(21,22)23/h4-5,13H,3,6-12,14H2,1-2H3. The molecule has 1 aliphatic heterocycles. The molecule has 32 heavy (non-hydrogen) atoms. The maximum absolute atomic E-state index is 12.9. The van der Waals surface area contributed by atoms with Gasteiger partial charge in [-0.15, -0.1) is 0 Å². The number of halogens is 3. The summed E-state index contributed by atoms with van der Waals surface area (Å²) in [4.78, 5) is 17.4. The van der Waals surface area contributed by atoms with Gasteiger partial charge in [-0.25, -0.2) is 13.4 Å². The molecule has 0 saturated carbocycles. The third-order valence-corrected chi connectivity index (χ3v) is 7.15. The molecule has 1 saturated heterocycles. The Balaban J connectivity index is 1.84. The Kier molecular flexibility index (Phi) is 7.46. The van der Waals surface area contributed by atoms with Gasteiger partial charge in [0.05, 0.1) is 29.1 Å². The first-order valence-electron chi connectivity index (χ1n) is 10.4. The summed E-state index contributed by atoms with van der Waals surface area (Å²) >= 11 is 0. The smallest absolute Gasteiger partial charge is 0.379 e. The molecule has 0 atom stereocenters. The van der Waals surface area contributed by atoms with Crippen molar-refractivity contribution in [2.45, 2.75) is 43.8 Å². The summed E-state index contributed by atoms with van der Waals surface area (Å²) in [7, 11) is -2.57. The van der Waals surface area contributed by atoms with E-state index in [9.17, 15) is 26.4 Å². The zero-order valence-electron chi connectivity index (χ0n) is 18.1. The van der Waals surface area contributed by atoms with E-state index in [2.05, 4.69) is 4.98 Å². The average molecular weight is 477 g/mol. The number of sulfonamides is 1. The molecule has 3 rings (SSSR count). The van der Waals surface area contributed by atoms with Crippen LogP contribution >= 0.6 is 0 Å². The van der Waals surface area contributed by atoms with Gasteiger partial charge in [0.1, 0.15) is 12.4 Å². The zero-order valence-corrected chi connectivity index (χ0v) is 18.9. The summed E-state index contributed by atoms with van der Waals surface area (Å²) in [5.41, 5.74) is 1.19. The van der Waals surface area contributed by atoms with Crippen molar-refractivity contribution in [2.24, 2.45) is 0 Å². The van der Waals surface area contributed by atoms with Crippen LogP contribution in [-0.2, 0) is 32.5 Å². The fraction of sp³-hybridized carbons (Fsp3) is 0.600. The van der Waals surface area contributed by atoms with Crippen LogP contribution in [0.2, 0.25) is 0 Å². The Bertz CT molecular complexity index is 1060. The first-order valence-corrected chi connectivity index (χ1v) is 11.8. The number of alkyl halides is 3. The molecule has 1 aromatic carbocycles. The molecule has 178 valence electrons. The van der Waals surface area contributed by atoms with Crippen molar-refractivity contribution in [2.75, 3.05) is 39.9 Å². The number of benzene rings is 1. The number of imidazole rings is 1. The Morgan fingerprint density at radius 2 is 1.94 bits per heavy atom. The van der Waals surface area contributed by atoms with Gasteiger partial charge in [-0.05, 0) is 24.6 Å². The van der Waals surface area contributed by atoms with Gasteiger partial charge in [0.25, 0.3) is 0 Å². The minimum atomic E-state index is -4.46. The van der Waals surface area contributed by atoms with Crippen LogP contribution in [0.15, 0.2) is 23.1 Å². The molecule has 1 aromatic heterocycles. The van der Waals surface area contributed by atoms with Crippen molar-refractivity contribution < 1.29 is 31.1 Å². The van der Waals surface area contributed by atoms with Gasteiger partial charge in [-0.1, -0.05) is 6.92 Å². The molecular formula is C20H27F3N4O4S. The molecule has 0 unspecified atom stereocenters. The van der Waals surface area contributed by atoms with Gasteiger partial charge < -0.3 is 14.2 Å². The lowest BCUT2D eigenvalue weighted by Gasteiger charge is -2.26. The number of morpholine rings is 1. The number of hydrogen-bond acceptors (Lipinski definition) is 5. The molecule has 0 N–H and O–H groups in total. The molecule has 0 radical (unpaired) electrons. The van der Waals surface area contributed by atoms with Crippen LogP contribution in [-0.4, -0.2) is 79.2 Å². The summed E-state index contributed by atoms with van der Waals surface area (Å²) in [6, 6.07) is 4.73. The van der Waals surface area contributed by atoms with E-state index >= 15 is 0 Å². The number of hydrogen-bond donors (Lipinski definition) is 0. The van der Waals surface area contributed by atoms with E-state index in [0.717, 1.165) is 19.0 Å². The molecule has 0 aliphatic carbocycles. The van der Waals surface area contributed by atoms with E-state index in [-0.39, 0.29) is 30.8 Å². The van der Waals surface area contributed by atoms with Crippen LogP contribution in [0.1, 0.15) is 25.6 Å². The highest BCUT2D eigenvalue weighted by Crippen LogP contribution is 2.25. The molecular weight excluding hydrogens is 449 g/mol. The fourth-order valence-corrected chi connectivity index (χ4v) is 5.12. The summed E-state index contributed by atoms with van der Waals surface area (Å²) in [6.45, 7) is 2.50. The molecule has 1 amide bonds. The molecule has 2 aromatic rings. The molecule has 12 heteroatoms. The highest BCUT2D eigenvalue weighted by molar-refractivity contribution is 7.89. The Morgan fingerprint density at radius 3 is 2.56 bits per heavy atom. The van der Waals surface area contributed by atoms with Gasteiger partial charge in [0.2, 0.25) is 15.9 Å². The lowest BCUT2D eigenvalue weighted by atomic mass is 10.2. The Hall–Kier alpha value is -2.18. The molecule has 0 bridgehead atoms. The maximum atomic E-state index is 12.9. The number of aryl methyl sites for hydroxylation is 2. The monoisotopic (exact) mass is 476 g/mol. The van der Waals surface area contributed by atoms with E-state index in [0.29, 0.717) is 36.0 Å². The largest absolute Gasteiger partial charge is 0.406 e. The second-order valence-corrected chi connectivity index (χ2v) is 9.65. The molecule has 1 aliphatic rings. The van der Waals surface area contributed by atoms with E-state index in [1.54, 1.807) is 6.07 Å². The summed E-state index contributed by atoms with van der Waals surface area (Å²) in [6.07, 6.45) is -3.66. The van der Waals surface area contributed by atoms with E-state index in [1.165, 1.54) is 16.4 Å². The van der Waals surface area contributed by atoms with Crippen molar-refractivity contribution in [1.82, 2.24) is 18.8 Å². The summed E-state index contributed by atoms with van der Waals surface area (Å²) in [5.74, 6) is -0.0930. The molecule has 2 heterocycles. The van der Waals surface area contributed by atoms with Crippen LogP contribution in [0.4, 0.5) is 13.2 Å². The van der Waals surface area contributed by atoms with E-state index in [4.69, 9.17) is 4.74 Å². The van der Waals surface area contributed by atoms with Crippen LogP contribution in [0.3, 0.4) is 0 Å². The molecule has 0 spiro atoms. The second kappa shape index (κ2) is 9.75. The topological polar surface area (TPSA) is 84.7 Å². The predicted molar refractivity (Wildman–Crippen MR) is 112 cm³/mol. The summed E-state index contributed by atoms with van der Waals surface area (Å²) in [5, 5.41) is 0. The van der Waals surface area contributed by atoms with Gasteiger partial charge in [0, 0.05) is 39.5 Å². The normalized spacial score (nSPS) is 15.9. The maximum Gasteiger partial charge on any atom is 0.406 e. The quantitative estimate of drug-likeness (QED) is 0.584. The SMILES string of the molecule is CCCn1c(CCC(=O)N(C)CC(F)(F)F)nc2cc(S(=O)(=O)N3CCOCC3)ccc21. The molecule has 1 fully saturated rings. The number of nitrogens with zero attached hydrogens (tertiary/aromatic N) is 4. The van der Waals surface area contributed by atoms with Crippen LogP contribution in [0.5, 0.6) is 0 Å². The van der Waals surface area contributed by atoms with E-state index in [1.807, 2.05) is 11.5 Å². The van der Waals surface area contributed by atoms with Gasteiger partial charge in [-0.3, -0.25) is 4.79 Å². The van der Waals surface area contributed by atoms with Gasteiger partial charge >= 0.3 is 6.18 Å². The highest BCUT2D eigenvalue weighted by atomic mass is 32.2. The number of rotatable bonds is 8. The predicted octanol–water partition coefficient (Wildman–Crippen LogP) is 2.42. The lowest BCUT2D eigenvalue weighted by molar-refractivity contribution is -0.158. The number of carbonyl (C=O) groups excluding carboxylic acids is 1. The van der Waals surface area contributed by atoms with Crippen molar-refractivity contribution in [3.05, 3.63) is 24.0 Å². The first kappa shape index (κ1) is 24.5. The fourth-order valence-electron chi connectivity index (χ4n) is 3.69. The third-order valence-electron chi connectivity index (χ3n) is 5.26. The van der Waals surface area contributed by atoms with Gasteiger partial charge in [-0.2, -0.15) is 17.5 Å². The van der Waals surface area contributed by atoms with Crippen molar-refractivity contribution >= 4 is 27.0 Å². The first-order chi connectivity index (χ1) is 15.0. The second-order valence-electron chi connectivity index (χ2n) is 7.71. The molecule has 8 nitrogen and oxygen atoms in total. The van der Waals surface area contributed by atoms with Gasteiger partial charge in [0.15, 0.2) is 0 Å². The van der Waals surface area contributed by atoms with Crippen LogP contribution < -0.4 is 0 Å². The number of aromatic nitrogens is 2. The van der Waals surface area contributed by atoms with Crippen LogP contribution in [0, 0.1) is 0 Å². The minimum absolute atomic E-state index is 0.126. The van der Waals surface area contributed by atoms with Crippen molar-refractivity contribution in [1.29, 1.82) is 0 Å². The Labute approximate surface area is 185 Å². The van der Waals surface area contributed by atoms with Crippen LogP contribution in [0.25, 0.3) is 11.0 Å². The average Bonchev–Trinajstić information content (AvgIpc) is 3.08.